The maximum atomic E-state index is 12.3. The van der Waals surface area contributed by atoms with Gasteiger partial charge in [-0.25, -0.2) is 4.90 Å². The Morgan fingerprint density at radius 1 is 1.35 bits per heavy atom. The molecule has 0 spiro atoms. The molecule has 1 N–H and O–H groups in total. The van der Waals surface area contributed by atoms with Gasteiger partial charge in [0.05, 0.1) is 18.2 Å². The Balaban J connectivity index is 1.90. The second-order valence-corrected chi connectivity index (χ2v) is 5.63. The van der Waals surface area contributed by atoms with Crippen molar-refractivity contribution in [3.63, 3.8) is 0 Å². The van der Waals surface area contributed by atoms with E-state index >= 15 is 0 Å². The molecule has 20 heavy (non-hydrogen) atoms. The Morgan fingerprint density at radius 3 is 2.80 bits per heavy atom. The third-order valence-corrected chi connectivity index (χ3v) is 4.00. The molecule has 106 valence electrons. The molecule has 1 unspecified atom stereocenters. The van der Waals surface area contributed by atoms with E-state index in [1.54, 1.807) is 23.9 Å². The van der Waals surface area contributed by atoms with E-state index in [-0.39, 0.29) is 18.2 Å². The molecule has 0 radical (unpaired) electrons. The largest absolute Gasteiger partial charge is 0.305 e. The summed E-state index contributed by atoms with van der Waals surface area (Å²) in [5, 5.41) is 3.15. The van der Waals surface area contributed by atoms with Crippen molar-refractivity contribution in [2.75, 3.05) is 23.0 Å². The lowest BCUT2D eigenvalue weighted by atomic mass is 10.2. The lowest BCUT2D eigenvalue weighted by molar-refractivity contribution is -0.121. The Hall–Kier alpha value is -1.59. The van der Waals surface area contributed by atoms with Crippen LogP contribution in [0.1, 0.15) is 6.42 Å². The minimum atomic E-state index is -0.396. The van der Waals surface area contributed by atoms with E-state index in [1.165, 1.54) is 4.90 Å². The van der Waals surface area contributed by atoms with Crippen molar-refractivity contribution in [1.82, 2.24) is 5.32 Å². The zero-order valence-electron chi connectivity index (χ0n) is 11.2. The van der Waals surface area contributed by atoms with E-state index in [0.717, 1.165) is 11.5 Å². The number of anilines is 1. The molecule has 1 aromatic carbocycles. The van der Waals surface area contributed by atoms with Gasteiger partial charge in [0.1, 0.15) is 0 Å². The summed E-state index contributed by atoms with van der Waals surface area (Å²) in [6, 6.07) is 8.66. The van der Waals surface area contributed by atoms with E-state index in [4.69, 9.17) is 0 Å². The molecule has 4 nitrogen and oxygen atoms in total. The molecular formula is C15H18N2O2S. The standard InChI is InChI=1S/C15H18N2O2S/c1-2-9-20-10-8-16-13-11-14(18)17(15(13)19)12-6-4-3-5-7-12/h2-7,13,16H,1,8-11H2. The molecule has 1 aliphatic heterocycles. The summed E-state index contributed by atoms with van der Waals surface area (Å²) < 4.78 is 0. The summed E-state index contributed by atoms with van der Waals surface area (Å²) in [6.07, 6.45) is 2.09. The highest BCUT2D eigenvalue weighted by atomic mass is 32.2. The van der Waals surface area contributed by atoms with Crippen LogP contribution in [0.25, 0.3) is 0 Å². The molecule has 2 rings (SSSR count). The van der Waals surface area contributed by atoms with Crippen LogP contribution in [0.3, 0.4) is 0 Å². The molecule has 1 heterocycles. The highest BCUT2D eigenvalue weighted by Crippen LogP contribution is 2.22. The lowest BCUT2D eigenvalue weighted by Crippen LogP contribution is -2.39. The van der Waals surface area contributed by atoms with Crippen molar-refractivity contribution in [1.29, 1.82) is 0 Å². The molecule has 0 aromatic heterocycles. The van der Waals surface area contributed by atoms with Crippen molar-refractivity contribution in [3.8, 4) is 0 Å². The molecule has 2 amide bonds. The second-order valence-electron chi connectivity index (χ2n) is 4.48. The fourth-order valence-corrected chi connectivity index (χ4v) is 2.71. The summed E-state index contributed by atoms with van der Waals surface area (Å²) in [6.45, 7) is 4.37. The zero-order valence-corrected chi connectivity index (χ0v) is 12.1. The first-order chi connectivity index (χ1) is 9.74. The van der Waals surface area contributed by atoms with Gasteiger partial charge in [0.2, 0.25) is 5.91 Å². The van der Waals surface area contributed by atoms with E-state index in [1.807, 2.05) is 24.3 Å². The summed E-state index contributed by atoms with van der Waals surface area (Å²) in [4.78, 5) is 25.5. The molecular weight excluding hydrogens is 272 g/mol. The topological polar surface area (TPSA) is 49.4 Å². The summed E-state index contributed by atoms with van der Waals surface area (Å²) >= 11 is 1.75. The van der Waals surface area contributed by atoms with E-state index in [9.17, 15) is 9.59 Å². The molecule has 0 saturated carbocycles. The third kappa shape index (κ3) is 3.49. The predicted octanol–water partition coefficient (Wildman–Crippen LogP) is 1.83. The first-order valence-corrected chi connectivity index (χ1v) is 7.73. The quantitative estimate of drug-likeness (QED) is 0.473. The van der Waals surface area contributed by atoms with Crippen LogP contribution in [0, 0.1) is 0 Å². The number of rotatable bonds is 7. The third-order valence-electron chi connectivity index (χ3n) is 3.03. The highest BCUT2D eigenvalue weighted by Gasteiger charge is 2.38. The van der Waals surface area contributed by atoms with Gasteiger partial charge < -0.3 is 5.32 Å². The number of hydrogen-bond acceptors (Lipinski definition) is 4. The minimum absolute atomic E-state index is 0.141. The SMILES string of the molecule is C=CCSCCNC1CC(=O)N(c2ccccc2)C1=O. The van der Waals surface area contributed by atoms with Gasteiger partial charge in [-0.1, -0.05) is 24.3 Å². The van der Waals surface area contributed by atoms with Gasteiger partial charge in [0.25, 0.3) is 5.91 Å². The van der Waals surface area contributed by atoms with Crippen LogP contribution >= 0.6 is 11.8 Å². The number of imide groups is 1. The van der Waals surface area contributed by atoms with Crippen molar-refractivity contribution >= 4 is 29.3 Å². The Bertz CT molecular complexity index is 490. The molecule has 1 aliphatic rings. The monoisotopic (exact) mass is 290 g/mol. The van der Waals surface area contributed by atoms with Gasteiger partial charge in [-0.15, -0.1) is 6.58 Å². The van der Waals surface area contributed by atoms with Crippen LogP contribution in [-0.4, -0.2) is 35.9 Å². The van der Waals surface area contributed by atoms with Crippen LogP contribution < -0.4 is 10.2 Å². The molecule has 1 aromatic rings. The number of benzene rings is 1. The average molecular weight is 290 g/mol. The first kappa shape index (κ1) is 14.8. The maximum Gasteiger partial charge on any atom is 0.251 e. The fraction of sp³-hybridized carbons (Fsp3) is 0.333. The minimum Gasteiger partial charge on any atom is -0.305 e. The normalized spacial score (nSPS) is 18.6. The van der Waals surface area contributed by atoms with Crippen LogP contribution in [0.2, 0.25) is 0 Å². The average Bonchev–Trinajstić information content (AvgIpc) is 2.74. The first-order valence-electron chi connectivity index (χ1n) is 6.58. The van der Waals surface area contributed by atoms with E-state index in [2.05, 4.69) is 11.9 Å². The number of carbonyl (C=O) groups excluding carboxylic acids is 2. The van der Waals surface area contributed by atoms with Crippen molar-refractivity contribution in [3.05, 3.63) is 43.0 Å². The van der Waals surface area contributed by atoms with Gasteiger partial charge in [-0.3, -0.25) is 9.59 Å². The van der Waals surface area contributed by atoms with Crippen LogP contribution in [0.15, 0.2) is 43.0 Å². The number of carbonyl (C=O) groups is 2. The molecule has 0 bridgehead atoms. The number of nitrogens with one attached hydrogen (secondary N) is 1. The van der Waals surface area contributed by atoms with Crippen molar-refractivity contribution < 1.29 is 9.59 Å². The molecule has 5 heteroatoms. The van der Waals surface area contributed by atoms with E-state index in [0.29, 0.717) is 12.2 Å². The number of para-hydroxylation sites is 1. The van der Waals surface area contributed by atoms with Gasteiger partial charge in [0.15, 0.2) is 0 Å². The van der Waals surface area contributed by atoms with Gasteiger partial charge >= 0.3 is 0 Å². The van der Waals surface area contributed by atoms with Crippen LogP contribution in [0.5, 0.6) is 0 Å². The number of hydrogen-bond donors (Lipinski definition) is 1. The summed E-state index contributed by atoms with van der Waals surface area (Å²) in [5.41, 5.74) is 0.646. The highest BCUT2D eigenvalue weighted by molar-refractivity contribution is 7.99. The number of nitrogens with zero attached hydrogens (tertiary/aromatic N) is 1. The summed E-state index contributed by atoms with van der Waals surface area (Å²) in [7, 11) is 0. The molecule has 1 saturated heterocycles. The summed E-state index contributed by atoms with van der Waals surface area (Å²) in [5.74, 6) is 1.50. The van der Waals surface area contributed by atoms with Crippen molar-refractivity contribution in [2.45, 2.75) is 12.5 Å². The van der Waals surface area contributed by atoms with Crippen LogP contribution in [0.4, 0.5) is 5.69 Å². The fourth-order valence-electron chi connectivity index (χ4n) is 2.11. The number of thioether (sulfide) groups is 1. The van der Waals surface area contributed by atoms with Crippen molar-refractivity contribution in [2.24, 2.45) is 0 Å². The molecule has 1 fully saturated rings. The second kappa shape index (κ2) is 7.26. The lowest BCUT2D eigenvalue weighted by Gasteiger charge is -2.15. The molecule has 0 aliphatic carbocycles. The van der Waals surface area contributed by atoms with Gasteiger partial charge in [-0.2, -0.15) is 11.8 Å². The number of amides is 2. The Kier molecular flexibility index (Phi) is 5.38. The Labute approximate surface area is 123 Å². The predicted molar refractivity (Wildman–Crippen MR) is 82.9 cm³/mol. The van der Waals surface area contributed by atoms with Gasteiger partial charge in [0, 0.05) is 18.1 Å². The van der Waals surface area contributed by atoms with Gasteiger partial charge in [-0.05, 0) is 12.1 Å². The van der Waals surface area contributed by atoms with E-state index < -0.39 is 6.04 Å². The van der Waals surface area contributed by atoms with Crippen LogP contribution in [-0.2, 0) is 9.59 Å². The maximum absolute atomic E-state index is 12.3. The smallest absolute Gasteiger partial charge is 0.251 e. The molecule has 1 atom stereocenters. The zero-order chi connectivity index (χ0) is 14.4. The Morgan fingerprint density at radius 2 is 2.10 bits per heavy atom.